The zero-order chi connectivity index (χ0) is 24.6. The van der Waals surface area contributed by atoms with Crippen LogP contribution in [-0.2, 0) is 0 Å². The molecular weight excluding hydrogens is 463 g/mol. The Labute approximate surface area is 205 Å². The summed E-state index contributed by atoms with van der Waals surface area (Å²) in [4.78, 5) is 20.2. The highest BCUT2D eigenvalue weighted by atomic mass is 19.1. The Morgan fingerprint density at radius 3 is 2.83 bits per heavy atom. The molecule has 1 amide bonds. The molecule has 0 spiro atoms. The van der Waals surface area contributed by atoms with E-state index in [2.05, 4.69) is 25.5 Å². The number of amides is 1. The zero-order valence-electron chi connectivity index (χ0n) is 19.4. The van der Waals surface area contributed by atoms with E-state index in [0.29, 0.717) is 59.5 Å². The number of furan rings is 1. The van der Waals surface area contributed by atoms with Gasteiger partial charge < -0.3 is 19.5 Å². The second-order valence-corrected chi connectivity index (χ2v) is 8.70. The summed E-state index contributed by atoms with van der Waals surface area (Å²) < 4.78 is 27.4. The minimum atomic E-state index is -0.383. The van der Waals surface area contributed by atoms with Gasteiger partial charge in [-0.15, -0.1) is 10.2 Å². The van der Waals surface area contributed by atoms with E-state index < -0.39 is 0 Å². The van der Waals surface area contributed by atoms with E-state index in [1.807, 2.05) is 6.92 Å². The summed E-state index contributed by atoms with van der Waals surface area (Å²) in [6.45, 7) is 2.44. The lowest BCUT2D eigenvalue weighted by atomic mass is 9.79. The molecule has 5 aromatic rings. The van der Waals surface area contributed by atoms with Crippen LogP contribution in [0.1, 0.15) is 42.0 Å². The third kappa shape index (κ3) is 3.90. The molecule has 9 nitrogen and oxygen atoms in total. The predicted octanol–water partition coefficient (Wildman–Crippen LogP) is 4.62. The number of benzene rings is 1. The molecule has 0 unspecified atom stereocenters. The van der Waals surface area contributed by atoms with Crippen molar-refractivity contribution in [3.05, 3.63) is 78.3 Å². The number of para-hydroxylation sites is 1. The van der Waals surface area contributed by atoms with E-state index in [1.54, 1.807) is 59.5 Å². The summed E-state index contributed by atoms with van der Waals surface area (Å²) in [5, 5.41) is 11.8. The summed E-state index contributed by atoms with van der Waals surface area (Å²) in [6.07, 6.45) is 4.50. The fourth-order valence-electron chi connectivity index (χ4n) is 4.54. The lowest BCUT2D eigenvalue weighted by molar-refractivity contribution is 0.0902. The van der Waals surface area contributed by atoms with Gasteiger partial charge in [0.25, 0.3) is 5.91 Å². The number of hydrogen-bond acceptors (Lipinski definition) is 6. The van der Waals surface area contributed by atoms with Crippen LogP contribution in [0.2, 0.25) is 0 Å². The number of aromatic nitrogens is 5. The molecule has 0 saturated heterocycles. The first-order valence-corrected chi connectivity index (χ1v) is 11.8. The first-order chi connectivity index (χ1) is 17.6. The minimum Gasteiger partial charge on any atom is -0.492 e. The zero-order valence-corrected chi connectivity index (χ0v) is 19.4. The lowest BCUT2D eigenvalue weighted by Gasteiger charge is -2.35. The van der Waals surface area contributed by atoms with E-state index in [1.165, 1.54) is 6.07 Å². The van der Waals surface area contributed by atoms with E-state index in [4.69, 9.17) is 9.15 Å². The largest absolute Gasteiger partial charge is 0.492 e. The summed E-state index contributed by atoms with van der Waals surface area (Å²) >= 11 is 0. The normalized spacial score (nSPS) is 17.2. The molecule has 1 aromatic carbocycles. The summed E-state index contributed by atoms with van der Waals surface area (Å²) in [5.74, 6) is 1.14. The van der Waals surface area contributed by atoms with Gasteiger partial charge in [-0.2, -0.15) is 0 Å². The predicted molar refractivity (Wildman–Crippen MR) is 130 cm³/mol. The van der Waals surface area contributed by atoms with Crippen molar-refractivity contribution in [3.63, 3.8) is 0 Å². The van der Waals surface area contributed by atoms with Gasteiger partial charge in [0.1, 0.15) is 28.8 Å². The maximum absolute atomic E-state index is 14.9. The SMILES string of the molecule is CCOc1ccc(-c2nnc(C3CC(NC(=O)c4cc5occc5[nH]4)C3)n2-c2ccccc2F)nc1. The summed E-state index contributed by atoms with van der Waals surface area (Å²) in [5.41, 5.74) is 2.77. The molecule has 0 radical (unpaired) electrons. The molecule has 1 fully saturated rings. The molecule has 1 saturated carbocycles. The fourth-order valence-corrected chi connectivity index (χ4v) is 4.54. The average molecular weight is 487 g/mol. The highest BCUT2D eigenvalue weighted by Gasteiger charge is 2.36. The fraction of sp³-hybridized carbons (Fsp3) is 0.231. The monoisotopic (exact) mass is 486 g/mol. The Morgan fingerprint density at radius 1 is 1.22 bits per heavy atom. The smallest absolute Gasteiger partial charge is 0.268 e. The van der Waals surface area contributed by atoms with Crippen molar-refractivity contribution < 1.29 is 18.3 Å². The van der Waals surface area contributed by atoms with Gasteiger partial charge in [-0.3, -0.25) is 9.36 Å². The maximum atomic E-state index is 14.9. The lowest BCUT2D eigenvalue weighted by Crippen LogP contribution is -2.44. The van der Waals surface area contributed by atoms with E-state index >= 15 is 0 Å². The molecule has 0 atom stereocenters. The van der Waals surface area contributed by atoms with Crippen LogP contribution < -0.4 is 10.1 Å². The van der Waals surface area contributed by atoms with Gasteiger partial charge in [0.05, 0.1) is 30.3 Å². The number of halogens is 1. The number of ether oxygens (including phenoxy) is 1. The van der Waals surface area contributed by atoms with Gasteiger partial charge >= 0.3 is 0 Å². The molecule has 2 N–H and O–H groups in total. The van der Waals surface area contributed by atoms with Crippen molar-refractivity contribution in [3.8, 4) is 23.0 Å². The van der Waals surface area contributed by atoms with E-state index in [-0.39, 0.29) is 23.7 Å². The standard InChI is InChI=1S/C26H23FN6O3/c1-2-35-17-7-8-20(28-14-17)25-32-31-24(33(25)22-6-4-3-5-18(22)27)15-11-16(12-15)29-26(34)21-13-23-19(30-21)9-10-36-23/h3-10,13-16,30H,2,11-12H2,1H3,(H,29,34). The third-order valence-corrected chi connectivity index (χ3v) is 6.38. The van der Waals surface area contributed by atoms with Gasteiger partial charge in [0.15, 0.2) is 11.4 Å². The molecule has 36 heavy (non-hydrogen) atoms. The van der Waals surface area contributed by atoms with Crippen molar-refractivity contribution in [2.75, 3.05) is 6.61 Å². The molecule has 0 bridgehead atoms. The second kappa shape index (κ2) is 8.95. The molecule has 10 heteroatoms. The Hall–Kier alpha value is -4.47. The van der Waals surface area contributed by atoms with Gasteiger partial charge in [-0.05, 0) is 44.0 Å². The van der Waals surface area contributed by atoms with E-state index in [9.17, 15) is 9.18 Å². The summed E-state index contributed by atoms with van der Waals surface area (Å²) in [7, 11) is 0. The van der Waals surface area contributed by atoms with Gasteiger partial charge in [0.2, 0.25) is 0 Å². The van der Waals surface area contributed by atoms with Crippen LogP contribution in [0.25, 0.3) is 28.3 Å². The number of aromatic amines is 1. The first kappa shape index (κ1) is 22.0. The number of fused-ring (bicyclic) bond motifs is 1. The molecule has 6 rings (SSSR count). The topological polar surface area (TPSA) is 111 Å². The Balaban J connectivity index is 1.25. The quantitative estimate of drug-likeness (QED) is 0.347. The van der Waals surface area contributed by atoms with Crippen molar-refractivity contribution in [1.82, 2.24) is 30.0 Å². The molecule has 0 aliphatic heterocycles. The van der Waals surface area contributed by atoms with E-state index in [0.717, 1.165) is 5.52 Å². The Bertz CT molecular complexity index is 1500. The average Bonchev–Trinajstić information content (AvgIpc) is 3.57. The number of carbonyl (C=O) groups excluding carboxylic acids is 1. The molecule has 1 aliphatic rings. The van der Waals surface area contributed by atoms with Crippen molar-refractivity contribution in [2.24, 2.45) is 0 Å². The van der Waals surface area contributed by atoms with Crippen LogP contribution in [0, 0.1) is 5.82 Å². The number of carbonyl (C=O) groups is 1. The van der Waals surface area contributed by atoms with Gasteiger partial charge in [-0.1, -0.05) is 12.1 Å². The van der Waals surface area contributed by atoms with Gasteiger partial charge in [0, 0.05) is 24.1 Å². The number of nitrogens with zero attached hydrogens (tertiary/aromatic N) is 4. The Morgan fingerprint density at radius 2 is 2.08 bits per heavy atom. The van der Waals surface area contributed by atoms with Crippen LogP contribution in [0.5, 0.6) is 5.75 Å². The number of H-pyrrole nitrogens is 1. The number of hydrogen-bond donors (Lipinski definition) is 2. The first-order valence-electron chi connectivity index (χ1n) is 11.8. The number of nitrogens with one attached hydrogen (secondary N) is 2. The van der Waals surface area contributed by atoms with Crippen LogP contribution in [-0.4, -0.2) is 43.3 Å². The van der Waals surface area contributed by atoms with Crippen molar-refractivity contribution >= 4 is 17.0 Å². The maximum Gasteiger partial charge on any atom is 0.268 e. The minimum absolute atomic E-state index is 0.00114. The van der Waals surface area contributed by atoms with Crippen LogP contribution >= 0.6 is 0 Å². The highest BCUT2D eigenvalue weighted by Crippen LogP contribution is 2.39. The molecule has 1 aliphatic carbocycles. The molecule has 4 aromatic heterocycles. The second-order valence-electron chi connectivity index (χ2n) is 8.70. The van der Waals surface area contributed by atoms with Crippen LogP contribution in [0.15, 0.2) is 65.4 Å². The summed E-state index contributed by atoms with van der Waals surface area (Å²) in [6, 6.07) is 13.5. The molecular formula is C26H23FN6O3. The molecule has 182 valence electrons. The third-order valence-electron chi connectivity index (χ3n) is 6.38. The molecule has 4 heterocycles. The van der Waals surface area contributed by atoms with Gasteiger partial charge in [-0.25, -0.2) is 9.37 Å². The number of pyridine rings is 1. The van der Waals surface area contributed by atoms with Crippen molar-refractivity contribution in [1.29, 1.82) is 0 Å². The highest BCUT2D eigenvalue weighted by molar-refractivity contribution is 5.97. The van der Waals surface area contributed by atoms with Crippen molar-refractivity contribution in [2.45, 2.75) is 31.7 Å². The Kier molecular flexibility index (Phi) is 5.48. The van der Waals surface area contributed by atoms with Crippen LogP contribution in [0.4, 0.5) is 4.39 Å². The number of rotatable bonds is 7. The van der Waals surface area contributed by atoms with Crippen LogP contribution in [0.3, 0.4) is 0 Å².